The fourth-order valence-corrected chi connectivity index (χ4v) is 13.7. The van der Waals surface area contributed by atoms with E-state index in [1.165, 1.54) is 0 Å². The molecule has 0 spiro atoms. The van der Waals surface area contributed by atoms with Gasteiger partial charge in [0.15, 0.2) is 0 Å². The topological polar surface area (TPSA) is 221 Å². The number of carbonyl (C=O) groups is 6. The van der Waals surface area contributed by atoms with Crippen molar-refractivity contribution in [3.05, 3.63) is 224 Å². The molecule has 0 saturated carbocycles. The van der Waals surface area contributed by atoms with Gasteiger partial charge in [0.05, 0.1) is 47.7 Å². The molecule has 0 bridgehead atoms. The van der Waals surface area contributed by atoms with Gasteiger partial charge < -0.3 is 39.1 Å². The van der Waals surface area contributed by atoms with E-state index in [1.54, 1.807) is 73.3 Å². The molecular formula is C78H66N6O12. The highest BCUT2D eigenvalue weighted by Crippen LogP contribution is 2.58. The molecule has 4 atom stereocenters. The van der Waals surface area contributed by atoms with Crippen LogP contribution in [0, 0.1) is 55.4 Å². The number of nitrogens with zero attached hydrogens (tertiary/aromatic N) is 4. The third kappa shape index (κ3) is 11.0. The summed E-state index contributed by atoms with van der Waals surface area (Å²) in [6, 6.07) is 33.5. The van der Waals surface area contributed by atoms with Crippen molar-refractivity contribution in [2.24, 2.45) is 0 Å². The number of hydrogen-bond donors (Lipinski definition) is 2. The number of amides is 6. The predicted octanol–water partition coefficient (Wildman–Crippen LogP) is 13.6. The van der Waals surface area contributed by atoms with Gasteiger partial charge in [-0.2, -0.15) is 0 Å². The lowest BCUT2D eigenvalue weighted by Gasteiger charge is -2.36. The zero-order chi connectivity index (χ0) is 66.5. The predicted molar refractivity (Wildman–Crippen MR) is 362 cm³/mol. The summed E-state index contributed by atoms with van der Waals surface area (Å²) < 4.78 is 40.4. The van der Waals surface area contributed by atoms with E-state index in [4.69, 9.17) is 28.4 Å². The van der Waals surface area contributed by atoms with E-state index < -0.39 is 47.5 Å². The van der Waals surface area contributed by atoms with Crippen LogP contribution in [-0.2, 0) is 31.9 Å². The Hall–Kier alpha value is -11.1. The number of benzene rings is 9. The summed E-state index contributed by atoms with van der Waals surface area (Å²) in [5, 5.41) is 8.21. The molecule has 2 N–H and O–H groups in total. The van der Waals surface area contributed by atoms with Crippen LogP contribution in [0.2, 0.25) is 0 Å². The monoisotopic (exact) mass is 1280 g/mol. The van der Waals surface area contributed by atoms with Crippen molar-refractivity contribution in [2.45, 2.75) is 92.5 Å². The highest BCUT2D eigenvalue weighted by Gasteiger charge is 2.47. The van der Waals surface area contributed by atoms with Gasteiger partial charge in [0, 0.05) is 93.8 Å². The fraction of sp³-hybridized carbons (Fsp3) is 0.231. The Morgan fingerprint density at radius 2 is 0.667 bits per heavy atom. The molecule has 96 heavy (non-hydrogen) atoms. The molecule has 2 fully saturated rings. The minimum absolute atomic E-state index is 0.0241. The summed E-state index contributed by atoms with van der Waals surface area (Å²) in [6.45, 7) is 16.7. The van der Waals surface area contributed by atoms with Crippen LogP contribution in [0.25, 0.3) is 43.1 Å². The first-order chi connectivity index (χ1) is 46.3. The van der Waals surface area contributed by atoms with E-state index in [-0.39, 0.29) is 94.2 Å². The van der Waals surface area contributed by atoms with E-state index in [1.807, 2.05) is 128 Å². The molecule has 6 amide bonds. The molecule has 2 saturated heterocycles. The summed E-state index contributed by atoms with van der Waals surface area (Å²) in [5.41, 5.74) is 8.20. The number of carbonyl (C=O) groups excluding carboxylic acids is 6. The van der Waals surface area contributed by atoms with Gasteiger partial charge >= 0.3 is 0 Å². The van der Waals surface area contributed by atoms with Gasteiger partial charge in [-0.1, -0.05) is 70.8 Å². The normalized spacial score (nSPS) is 16.2. The van der Waals surface area contributed by atoms with E-state index >= 15 is 19.2 Å². The Labute approximate surface area is 552 Å². The molecule has 4 aliphatic rings. The minimum Gasteiger partial charge on any atom is -0.456 e. The van der Waals surface area contributed by atoms with Gasteiger partial charge in [-0.25, -0.2) is 0 Å². The number of rotatable bonds is 20. The molecular weight excluding hydrogens is 1210 g/mol. The second-order valence-corrected chi connectivity index (χ2v) is 25.7. The zero-order valence-electron chi connectivity index (χ0n) is 54.1. The highest BCUT2D eigenvalue weighted by atomic mass is 16.6. The number of hydrogen-bond acceptors (Lipinski definition) is 14. The molecule has 11 aromatic rings. The third-order valence-electron chi connectivity index (χ3n) is 18.6. The number of nitrogens with one attached hydrogen (secondary N) is 2. The molecule has 4 aliphatic heterocycles. The quantitative estimate of drug-likeness (QED) is 0.0314. The maximum Gasteiger partial charge on any atom is 0.262 e. The average Bonchev–Trinajstić information content (AvgIpc) is 1.05. The van der Waals surface area contributed by atoms with Crippen LogP contribution in [0.4, 0.5) is 0 Å². The number of epoxide rings is 2. The van der Waals surface area contributed by atoms with Crippen LogP contribution < -0.4 is 29.6 Å². The first-order valence-electron chi connectivity index (χ1n) is 32.0. The van der Waals surface area contributed by atoms with Crippen LogP contribution in [-0.4, -0.2) is 106 Å². The van der Waals surface area contributed by atoms with Crippen molar-refractivity contribution in [3.63, 3.8) is 0 Å². The Kier molecular flexibility index (Phi) is 15.3. The Balaban J connectivity index is 1.10. The standard InChI is InChI=1S/C78H66N6O12/c1-39-9-13-57(43(5)25-39)93-61-31-51-65-52(76(88)83(75(51)87)55(29-47-17-21-79-22-18-47)73(85)81-35-49-37-91-49)33-63(95-59-15-11-41(3)27-45(59)7)69-70-64(96-60-16-12-42(4)28-46(60)8)34-54-66-53(32-62(68(72(66)70)67(61)71(65)69)94-58-14-10-40(2)26-44(58)6)77(89)84(78(54)90)56(30-48-19-23-80-24-20-48)74(86)82-36-50-38-92-50/h9-28,31-34,49-50,55-56H,29-30,35-38H2,1-8H3,(H,81,85)(H,82,86). The molecule has 18 heteroatoms. The molecule has 0 radical (unpaired) electrons. The van der Waals surface area contributed by atoms with Crippen molar-refractivity contribution >= 4 is 78.5 Å². The maximum atomic E-state index is 16.3. The van der Waals surface area contributed by atoms with Crippen LogP contribution in [0.1, 0.15) is 97.1 Å². The number of aromatic nitrogens is 2. The molecule has 6 heterocycles. The second-order valence-electron chi connectivity index (χ2n) is 25.7. The lowest BCUT2D eigenvalue weighted by atomic mass is 9.80. The number of fused-ring (bicyclic) bond motifs is 2. The molecule has 480 valence electrons. The number of ether oxygens (including phenoxy) is 6. The van der Waals surface area contributed by atoms with Crippen molar-refractivity contribution in [1.29, 1.82) is 0 Å². The lowest BCUT2D eigenvalue weighted by molar-refractivity contribution is -0.125. The summed E-state index contributed by atoms with van der Waals surface area (Å²) in [4.78, 5) is 106. The van der Waals surface area contributed by atoms with Crippen molar-refractivity contribution < 1.29 is 57.2 Å². The van der Waals surface area contributed by atoms with Gasteiger partial charge in [-0.3, -0.25) is 48.5 Å². The van der Waals surface area contributed by atoms with Gasteiger partial charge in [-0.15, -0.1) is 0 Å². The largest absolute Gasteiger partial charge is 0.456 e. The number of pyridine rings is 2. The molecule has 2 aromatic heterocycles. The van der Waals surface area contributed by atoms with Crippen LogP contribution in [0.15, 0.2) is 146 Å². The van der Waals surface area contributed by atoms with Gasteiger partial charge in [-0.05, 0) is 162 Å². The number of imide groups is 2. The van der Waals surface area contributed by atoms with Gasteiger partial charge in [0.1, 0.15) is 58.1 Å². The third-order valence-corrected chi connectivity index (χ3v) is 18.6. The van der Waals surface area contributed by atoms with E-state index in [2.05, 4.69) is 20.6 Å². The minimum atomic E-state index is -1.39. The van der Waals surface area contributed by atoms with Gasteiger partial charge in [0.2, 0.25) is 11.8 Å². The Bertz CT molecular complexity index is 4570. The molecule has 9 aromatic carbocycles. The summed E-state index contributed by atoms with van der Waals surface area (Å²) in [5.74, 6) is -2.17. The summed E-state index contributed by atoms with van der Waals surface area (Å²) in [6.07, 6.45) is 5.77. The lowest BCUT2D eigenvalue weighted by Crippen LogP contribution is -2.55. The smallest absolute Gasteiger partial charge is 0.262 e. The maximum absolute atomic E-state index is 16.3. The molecule has 0 aliphatic carbocycles. The Morgan fingerprint density at radius 3 is 0.917 bits per heavy atom. The van der Waals surface area contributed by atoms with Crippen molar-refractivity contribution in [2.75, 3.05) is 26.3 Å². The molecule has 18 nitrogen and oxygen atoms in total. The average molecular weight is 1280 g/mol. The summed E-state index contributed by atoms with van der Waals surface area (Å²) in [7, 11) is 0. The Morgan fingerprint density at radius 1 is 0.396 bits per heavy atom. The second kappa shape index (κ2) is 24.0. The SMILES string of the molecule is Cc1ccc(Oc2cc3c4c(cc(Oc5ccc(C)cc5C)c5c6c(Oc7ccc(C)cc7C)cc7c8c(cc(Oc9ccc(C)cc9C)c(c2c45)c86)C(=O)N(C(Cc2ccncc2)C(=O)NCC2CO2)C7=O)C(=O)N(C(Cc2ccncc2)C(=O)NCC2CO2)C3=O)c(C)c1. The van der Waals surface area contributed by atoms with Crippen LogP contribution >= 0.6 is 0 Å². The van der Waals surface area contributed by atoms with Crippen LogP contribution in [0.3, 0.4) is 0 Å². The van der Waals surface area contributed by atoms with E-state index in [0.29, 0.717) is 79.7 Å². The van der Waals surface area contributed by atoms with E-state index in [0.717, 1.165) is 54.3 Å². The first-order valence-corrected chi connectivity index (χ1v) is 32.0. The zero-order valence-corrected chi connectivity index (χ0v) is 54.1. The highest BCUT2D eigenvalue weighted by molar-refractivity contribution is 6.45. The molecule has 15 rings (SSSR count). The summed E-state index contributed by atoms with van der Waals surface area (Å²) >= 11 is 0. The van der Waals surface area contributed by atoms with Gasteiger partial charge in [0.25, 0.3) is 23.6 Å². The van der Waals surface area contributed by atoms with Crippen LogP contribution in [0.5, 0.6) is 46.0 Å². The number of aryl methyl sites for hydroxylation is 8. The molecule has 4 unspecified atom stereocenters. The van der Waals surface area contributed by atoms with E-state index in [9.17, 15) is 9.59 Å². The van der Waals surface area contributed by atoms with Crippen molar-refractivity contribution in [1.82, 2.24) is 30.4 Å². The van der Waals surface area contributed by atoms with Crippen molar-refractivity contribution in [3.8, 4) is 46.0 Å². The first kappa shape index (κ1) is 61.1. The fourth-order valence-electron chi connectivity index (χ4n) is 13.7.